The molecule has 1 aliphatic rings. The summed E-state index contributed by atoms with van der Waals surface area (Å²) in [5, 5.41) is 19.8. The van der Waals surface area contributed by atoms with Crippen molar-refractivity contribution in [3.05, 3.63) is 12.2 Å². The Labute approximate surface area is 105 Å². The van der Waals surface area contributed by atoms with Gasteiger partial charge in [0.15, 0.2) is 0 Å². The Balaban J connectivity index is 2.49. The van der Waals surface area contributed by atoms with Crippen molar-refractivity contribution in [1.82, 2.24) is 5.32 Å². The summed E-state index contributed by atoms with van der Waals surface area (Å²) in [6, 6.07) is -1.13. The maximum Gasteiger partial charge on any atom is 0.326 e. The molecule has 2 atom stereocenters. The fraction of sp³-hybridized carbons (Fsp3) is 0.583. The number of carboxylic acid groups (broad SMARTS) is 2. The standard InChI is InChI=1S/C12H17NO5/c14-10(15)7-6-9(12(17)18)13-11(16)8-4-2-1-3-5-8/h1-2,8-9H,3-7H2,(H,13,16)(H,14,15)(H,17,18). The van der Waals surface area contributed by atoms with Gasteiger partial charge < -0.3 is 15.5 Å². The molecule has 6 heteroatoms. The third kappa shape index (κ3) is 4.57. The molecule has 1 rings (SSSR count). The van der Waals surface area contributed by atoms with E-state index in [9.17, 15) is 14.4 Å². The van der Waals surface area contributed by atoms with Crippen LogP contribution >= 0.6 is 0 Å². The van der Waals surface area contributed by atoms with Crippen LogP contribution in [-0.4, -0.2) is 34.1 Å². The molecular weight excluding hydrogens is 238 g/mol. The van der Waals surface area contributed by atoms with Gasteiger partial charge in [0.05, 0.1) is 0 Å². The molecule has 0 aliphatic heterocycles. The Morgan fingerprint density at radius 2 is 2.00 bits per heavy atom. The van der Waals surface area contributed by atoms with Crippen molar-refractivity contribution in [3.63, 3.8) is 0 Å². The minimum atomic E-state index is -1.20. The number of allylic oxidation sites excluding steroid dienone is 2. The first kappa shape index (κ1) is 14.2. The number of amides is 1. The average Bonchev–Trinajstić information content (AvgIpc) is 2.34. The lowest BCUT2D eigenvalue weighted by Crippen LogP contribution is -2.44. The minimum Gasteiger partial charge on any atom is -0.481 e. The van der Waals surface area contributed by atoms with Crippen molar-refractivity contribution in [3.8, 4) is 0 Å². The Morgan fingerprint density at radius 3 is 2.50 bits per heavy atom. The first-order chi connectivity index (χ1) is 8.50. The summed E-state index contributed by atoms with van der Waals surface area (Å²) < 4.78 is 0. The van der Waals surface area contributed by atoms with E-state index < -0.39 is 18.0 Å². The predicted molar refractivity (Wildman–Crippen MR) is 62.9 cm³/mol. The molecule has 0 saturated carbocycles. The van der Waals surface area contributed by atoms with Crippen LogP contribution in [0.15, 0.2) is 12.2 Å². The van der Waals surface area contributed by atoms with E-state index in [4.69, 9.17) is 10.2 Å². The van der Waals surface area contributed by atoms with Gasteiger partial charge >= 0.3 is 11.9 Å². The van der Waals surface area contributed by atoms with E-state index in [1.54, 1.807) is 0 Å². The Morgan fingerprint density at radius 1 is 1.28 bits per heavy atom. The van der Waals surface area contributed by atoms with Crippen molar-refractivity contribution >= 4 is 17.8 Å². The van der Waals surface area contributed by atoms with Crippen LogP contribution in [0, 0.1) is 5.92 Å². The molecule has 1 amide bonds. The second-order valence-corrected chi connectivity index (χ2v) is 4.31. The summed E-state index contributed by atoms with van der Waals surface area (Å²) in [6.07, 6.45) is 5.64. The number of carbonyl (C=O) groups is 3. The van der Waals surface area contributed by atoms with Crippen molar-refractivity contribution in [2.75, 3.05) is 0 Å². The fourth-order valence-corrected chi connectivity index (χ4v) is 1.85. The first-order valence-electron chi connectivity index (χ1n) is 5.90. The molecule has 6 nitrogen and oxygen atoms in total. The number of aliphatic carboxylic acids is 2. The number of rotatable bonds is 6. The van der Waals surface area contributed by atoms with E-state index in [1.165, 1.54) is 0 Å². The summed E-state index contributed by atoms with van der Waals surface area (Å²) in [6.45, 7) is 0. The van der Waals surface area contributed by atoms with Crippen LogP contribution in [0.3, 0.4) is 0 Å². The SMILES string of the molecule is O=C(O)CCC(NC(=O)C1CC=CCC1)C(=O)O. The zero-order chi connectivity index (χ0) is 13.5. The highest BCUT2D eigenvalue weighted by atomic mass is 16.4. The molecule has 0 aromatic rings. The average molecular weight is 255 g/mol. The lowest BCUT2D eigenvalue weighted by Gasteiger charge is -2.20. The van der Waals surface area contributed by atoms with Gasteiger partial charge in [-0.2, -0.15) is 0 Å². The Kier molecular flexibility index (Phi) is 5.35. The lowest BCUT2D eigenvalue weighted by atomic mass is 9.93. The van der Waals surface area contributed by atoms with E-state index in [0.29, 0.717) is 12.8 Å². The molecule has 100 valence electrons. The second kappa shape index (κ2) is 6.78. The van der Waals surface area contributed by atoms with E-state index in [0.717, 1.165) is 6.42 Å². The Hall–Kier alpha value is -1.85. The van der Waals surface area contributed by atoms with Crippen LogP contribution in [0.1, 0.15) is 32.1 Å². The van der Waals surface area contributed by atoms with Crippen molar-refractivity contribution in [2.24, 2.45) is 5.92 Å². The first-order valence-corrected chi connectivity index (χ1v) is 5.90. The Bertz CT molecular complexity index is 363. The van der Waals surface area contributed by atoms with Crippen LogP contribution in [0.2, 0.25) is 0 Å². The molecule has 0 saturated heterocycles. The van der Waals surface area contributed by atoms with Crippen molar-refractivity contribution in [2.45, 2.75) is 38.1 Å². The van der Waals surface area contributed by atoms with E-state index in [-0.39, 0.29) is 24.7 Å². The summed E-state index contributed by atoms with van der Waals surface area (Å²) in [4.78, 5) is 33.1. The smallest absolute Gasteiger partial charge is 0.326 e. The largest absolute Gasteiger partial charge is 0.481 e. The number of hydrogen-bond donors (Lipinski definition) is 3. The molecule has 3 N–H and O–H groups in total. The molecule has 0 bridgehead atoms. The van der Waals surface area contributed by atoms with E-state index >= 15 is 0 Å². The molecule has 0 radical (unpaired) electrons. The van der Waals surface area contributed by atoms with Gasteiger partial charge in [-0.15, -0.1) is 0 Å². The van der Waals surface area contributed by atoms with Gasteiger partial charge in [0.2, 0.25) is 5.91 Å². The third-order valence-electron chi connectivity index (χ3n) is 2.90. The summed E-state index contributed by atoms with van der Waals surface area (Å²) in [5.41, 5.74) is 0. The molecule has 0 aromatic heterocycles. The number of carbonyl (C=O) groups excluding carboxylic acids is 1. The van der Waals surface area contributed by atoms with Gasteiger partial charge in [0, 0.05) is 12.3 Å². The molecule has 0 fully saturated rings. The van der Waals surface area contributed by atoms with Gasteiger partial charge in [0.1, 0.15) is 6.04 Å². The maximum atomic E-state index is 11.8. The number of carboxylic acids is 2. The van der Waals surface area contributed by atoms with Crippen LogP contribution in [0.25, 0.3) is 0 Å². The van der Waals surface area contributed by atoms with Crippen molar-refractivity contribution in [1.29, 1.82) is 0 Å². The molecule has 18 heavy (non-hydrogen) atoms. The summed E-state index contributed by atoms with van der Waals surface area (Å²) >= 11 is 0. The van der Waals surface area contributed by atoms with E-state index in [1.807, 2.05) is 12.2 Å². The van der Waals surface area contributed by atoms with E-state index in [2.05, 4.69) is 5.32 Å². The normalized spacial score (nSPS) is 20.1. The monoisotopic (exact) mass is 255 g/mol. The molecule has 0 aromatic carbocycles. The molecule has 0 heterocycles. The van der Waals surface area contributed by atoms with Gasteiger partial charge in [-0.1, -0.05) is 12.2 Å². The quantitative estimate of drug-likeness (QED) is 0.608. The predicted octanol–water partition coefficient (Wildman–Crippen LogP) is 0.777. The van der Waals surface area contributed by atoms with Crippen LogP contribution in [0.4, 0.5) is 0 Å². The third-order valence-corrected chi connectivity index (χ3v) is 2.90. The number of nitrogens with one attached hydrogen (secondary N) is 1. The van der Waals surface area contributed by atoms with Gasteiger partial charge in [-0.05, 0) is 25.7 Å². The topological polar surface area (TPSA) is 104 Å². The summed E-state index contributed by atoms with van der Waals surface area (Å²) in [5.74, 6) is -2.79. The zero-order valence-electron chi connectivity index (χ0n) is 9.96. The zero-order valence-corrected chi connectivity index (χ0v) is 9.96. The summed E-state index contributed by atoms with van der Waals surface area (Å²) in [7, 11) is 0. The second-order valence-electron chi connectivity index (χ2n) is 4.31. The molecule has 1 aliphatic carbocycles. The highest BCUT2D eigenvalue weighted by Crippen LogP contribution is 2.18. The highest BCUT2D eigenvalue weighted by molar-refractivity contribution is 5.85. The van der Waals surface area contributed by atoms with Gasteiger partial charge in [0.25, 0.3) is 0 Å². The van der Waals surface area contributed by atoms with Gasteiger partial charge in [-0.25, -0.2) is 4.79 Å². The number of hydrogen-bond acceptors (Lipinski definition) is 3. The molecule has 0 spiro atoms. The minimum absolute atomic E-state index is 0.0982. The lowest BCUT2D eigenvalue weighted by molar-refractivity contribution is -0.143. The van der Waals surface area contributed by atoms with Crippen molar-refractivity contribution < 1.29 is 24.6 Å². The fourth-order valence-electron chi connectivity index (χ4n) is 1.85. The molecule has 2 unspecified atom stereocenters. The van der Waals surface area contributed by atoms with Crippen LogP contribution in [0.5, 0.6) is 0 Å². The maximum absolute atomic E-state index is 11.8. The van der Waals surface area contributed by atoms with Crippen LogP contribution in [-0.2, 0) is 14.4 Å². The van der Waals surface area contributed by atoms with Gasteiger partial charge in [-0.3, -0.25) is 9.59 Å². The molecular formula is C12H17NO5. The highest BCUT2D eigenvalue weighted by Gasteiger charge is 2.25. The van der Waals surface area contributed by atoms with Crippen LogP contribution < -0.4 is 5.32 Å².